The van der Waals surface area contributed by atoms with Gasteiger partial charge in [-0.3, -0.25) is 4.21 Å². The van der Waals surface area contributed by atoms with Gasteiger partial charge in [-0.05, 0) is 18.9 Å². The van der Waals surface area contributed by atoms with Gasteiger partial charge in [-0.25, -0.2) is 19.7 Å². The number of rotatable bonds is 6. The Bertz CT molecular complexity index is 1050. The fourth-order valence-electron chi connectivity index (χ4n) is 3.44. The van der Waals surface area contributed by atoms with Crippen LogP contribution in [0.5, 0.6) is 0 Å². The van der Waals surface area contributed by atoms with Crippen LogP contribution in [-0.4, -0.2) is 61.7 Å². The highest BCUT2D eigenvalue weighted by molar-refractivity contribution is 7.85. The van der Waals surface area contributed by atoms with E-state index in [2.05, 4.69) is 36.2 Å². The summed E-state index contributed by atoms with van der Waals surface area (Å²) in [7, 11) is -1.16. The third-order valence-electron chi connectivity index (χ3n) is 4.93. The van der Waals surface area contributed by atoms with E-state index in [4.69, 9.17) is 22.1 Å². The Hall–Kier alpha value is -2.79. The number of fused-ring (bicyclic) bond motifs is 1. The van der Waals surface area contributed by atoms with Crippen LogP contribution in [0.3, 0.4) is 0 Å². The molecule has 0 radical (unpaired) electrons. The number of nitrogens with two attached hydrogens (primary N) is 1. The SMILES string of the molecule is C[C@@H](COC(N)=O)Nc1nc(N2CC=C(c3ncc(Cl)cn3)CC2)nc2c1[S@](=O)CC2. The van der Waals surface area contributed by atoms with Gasteiger partial charge in [-0.1, -0.05) is 17.7 Å². The average molecular weight is 464 g/mol. The topological polar surface area (TPSA) is 136 Å². The second-order valence-corrected chi connectivity index (χ2v) is 9.22. The predicted octanol–water partition coefficient (Wildman–Crippen LogP) is 1.77. The standard InChI is InChI=1S/C19H22ClN7O3S/c1-11(10-30-18(21)28)24-17-15-14(4-7-31(15)29)25-19(26-17)27-5-2-12(3-6-27)16-22-8-13(20)9-23-16/h2,8-9,11H,3-7,10H2,1H3,(H2,21,28)(H,24,25,26)/t11-,31+/m0/s1. The summed E-state index contributed by atoms with van der Waals surface area (Å²) in [6, 6.07) is -0.258. The van der Waals surface area contributed by atoms with Gasteiger partial charge in [-0.2, -0.15) is 4.98 Å². The Morgan fingerprint density at radius 2 is 2.13 bits per heavy atom. The second-order valence-electron chi connectivity index (χ2n) is 7.27. The van der Waals surface area contributed by atoms with Gasteiger partial charge in [0.25, 0.3) is 0 Å². The van der Waals surface area contributed by atoms with Gasteiger partial charge < -0.3 is 20.7 Å². The molecule has 4 heterocycles. The zero-order valence-corrected chi connectivity index (χ0v) is 18.4. The maximum absolute atomic E-state index is 12.5. The van der Waals surface area contributed by atoms with Crippen molar-refractivity contribution >= 4 is 45.8 Å². The molecule has 0 saturated carbocycles. The number of carbonyl (C=O) groups is 1. The number of amides is 1. The summed E-state index contributed by atoms with van der Waals surface area (Å²) in [6.07, 6.45) is 5.75. The fourth-order valence-corrected chi connectivity index (χ4v) is 4.85. The summed E-state index contributed by atoms with van der Waals surface area (Å²) in [4.78, 5) is 31.4. The van der Waals surface area contributed by atoms with Crippen LogP contribution < -0.4 is 16.0 Å². The Morgan fingerprint density at radius 1 is 1.35 bits per heavy atom. The van der Waals surface area contributed by atoms with Gasteiger partial charge in [0.15, 0.2) is 5.82 Å². The lowest BCUT2D eigenvalue weighted by molar-refractivity contribution is 0.153. The van der Waals surface area contributed by atoms with Crippen molar-refractivity contribution in [2.75, 3.05) is 35.7 Å². The second kappa shape index (κ2) is 9.15. The van der Waals surface area contributed by atoms with Crippen LogP contribution in [0.4, 0.5) is 16.6 Å². The molecule has 0 spiro atoms. The minimum Gasteiger partial charge on any atom is -0.448 e. The maximum Gasteiger partial charge on any atom is 0.404 e. The number of hydrogen-bond donors (Lipinski definition) is 2. The number of nitrogens with one attached hydrogen (secondary N) is 1. The van der Waals surface area contributed by atoms with Gasteiger partial charge in [-0.15, -0.1) is 0 Å². The molecule has 2 aliphatic heterocycles. The summed E-state index contributed by atoms with van der Waals surface area (Å²) >= 11 is 5.87. The highest BCUT2D eigenvalue weighted by atomic mass is 35.5. The highest BCUT2D eigenvalue weighted by Crippen LogP contribution is 2.31. The van der Waals surface area contributed by atoms with Gasteiger partial charge in [0.1, 0.15) is 17.3 Å². The lowest BCUT2D eigenvalue weighted by Gasteiger charge is -2.27. The van der Waals surface area contributed by atoms with Crippen LogP contribution in [0.25, 0.3) is 5.57 Å². The number of hydrogen-bond acceptors (Lipinski definition) is 9. The van der Waals surface area contributed by atoms with E-state index in [-0.39, 0.29) is 12.6 Å². The van der Waals surface area contributed by atoms with E-state index in [1.165, 1.54) is 0 Å². The van der Waals surface area contributed by atoms with Gasteiger partial charge in [0, 0.05) is 37.7 Å². The Balaban J connectivity index is 1.54. The number of anilines is 2. The lowest BCUT2D eigenvalue weighted by atomic mass is 10.1. The Labute approximate surface area is 186 Å². The first-order valence-electron chi connectivity index (χ1n) is 9.80. The molecule has 4 rings (SSSR count). The number of nitrogens with zero attached hydrogens (tertiary/aromatic N) is 5. The normalized spacial score (nSPS) is 18.8. The zero-order valence-electron chi connectivity index (χ0n) is 16.9. The van der Waals surface area contributed by atoms with Crippen LogP contribution in [0, 0.1) is 0 Å². The van der Waals surface area contributed by atoms with E-state index in [1.54, 1.807) is 12.4 Å². The van der Waals surface area contributed by atoms with Crippen LogP contribution in [0.15, 0.2) is 23.4 Å². The molecule has 3 N–H and O–H groups in total. The van der Waals surface area contributed by atoms with Crippen LogP contribution in [0.2, 0.25) is 5.02 Å². The molecule has 0 bridgehead atoms. The minimum atomic E-state index is -1.16. The summed E-state index contributed by atoms with van der Waals surface area (Å²) in [5, 5.41) is 3.70. The molecule has 1 amide bonds. The van der Waals surface area contributed by atoms with Crippen molar-refractivity contribution in [2.24, 2.45) is 5.73 Å². The van der Waals surface area contributed by atoms with Crippen LogP contribution in [-0.2, 0) is 22.0 Å². The molecular weight excluding hydrogens is 442 g/mol. The summed E-state index contributed by atoms with van der Waals surface area (Å²) in [5.41, 5.74) is 6.87. The third-order valence-corrected chi connectivity index (χ3v) is 6.59. The van der Waals surface area contributed by atoms with E-state index in [0.29, 0.717) is 52.8 Å². The molecule has 2 aliphatic rings. The van der Waals surface area contributed by atoms with Gasteiger partial charge in [0.05, 0.1) is 27.6 Å². The molecule has 12 heteroatoms. The average Bonchev–Trinajstić information content (AvgIpc) is 3.14. The van der Waals surface area contributed by atoms with E-state index in [1.807, 2.05) is 6.92 Å². The molecular formula is C19H22ClN7O3S. The minimum absolute atomic E-state index is 0.0764. The molecule has 0 aliphatic carbocycles. The monoisotopic (exact) mass is 463 g/mol. The Morgan fingerprint density at radius 3 is 2.81 bits per heavy atom. The van der Waals surface area contributed by atoms with Crippen molar-refractivity contribution in [3.8, 4) is 0 Å². The number of carbonyl (C=O) groups excluding carboxylic acids is 1. The number of halogens is 1. The van der Waals surface area contributed by atoms with Crippen molar-refractivity contribution in [3.05, 3.63) is 35.0 Å². The molecule has 10 nitrogen and oxygen atoms in total. The van der Waals surface area contributed by atoms with E-state index in [0.717, 1.165) is 17.7 Å². The summed E-state index contributed by atoms with van der Waals surface area (Å²) in [5.74, 6) is 2.26. The largest absolute Gasteiger partial charge is 0.448 e. The summed E-state index contributed by atoms with van der Waals surface area (Å²) in [6.45, 7) is 3.20. The molecule has 164 valence electrons. The highest BCUT2D eigenvalue weighted by Gasteiger charge is 2.28. The molecule has 0 fully saturated rings. The molecule has 31 heavy (non-hydrogen) atoms. The van der Waals surface area contributed by atoms with Crippen LogP contribution >= 0.6 is 11.6 Å². The zero-order chi connectivity index (χ0) is 22.0. The number of aryl methyl sites for hydroxylation is 1. The Kier molecular flexibility index (Phi) is 6.33. The van der Waals surface area contributed by atoms with Crippen molar-refractivity contribution in [1.29, 1.82) is 0 Å². The smallest absolute Gasteiger partial charge is 0.404 e. The maximum atomic E-state index is 12.5. The van der Waals surface area contributed by atoms with E-state index >= 15 is 0 Å². The van der Waals surface area contributed by atoms with Gasteiger partial charge in [0.2, 0.25) is 5.95 Å². The molecule has 0 saturated heterocycles. The van der Waals surface area contributed by atoms with E-state index < -0.39 is 16.9 Å². The number of ether oxygens (including phenoxy) is 1. The van der Waals surface area contributed by atoms with Crippen molar-refractivity contribution in [3.63, 3.8) is 0 Å². The molecule has 2 atom stereocenters. The fraction of sp³-hybridized carbons (Fsp3) is 0.421. The number of primary amides is 1. The quantitative estimate of drug-likeness (QED) is 0.656. The van der Waals surface area contributed by atoms with Gasteiger partial charge >= 0.3 is 6.09 Å². The first kappa shape index (κ1) is 21.4. The number of aromatic nitrogens is 4. The predicted molar refractivity (Wildman–Crippen MR) is 117 cm³/mol. The van der Waals surface area contributed by atoms with Crippen molar-refractivity contribution < 1.29 is 13.7 Å². The van der Waals surface area contributed by atoms with Crippen molar-refractivity contribution in [2.45, 2.75) is 30.7 Å². The lowest BCUT2D eigenvalue weighted by Crippen LogP contribution is -2.31. The van der Waals surface area contributed by atoms with E-state index in [9.17, 15) is 9.00 Å². The molecule has 0 unspecified atom stereocenters. The molecule has 2 aromatic heterocycles. The van der Waals surface area contributed by atoms with Crippen molar-refractivity contribution in [1.82, 2.24) is 19.9 Å². The van der Waals surface area contributed by atoms with Crippen LogP contribution in [0.1, 0.15) is 24.9 Å². The third kappa shape index (κ3) is 4.93. The molecule has 0 aromatic carbocycles. The molecule has 2 aromatic rings. The first-order chi connectivity index (χ1) is 14.9. The first-order valence-corrected chi connectivity index (χ1v) is 11.5. The summed E-state index contributed by atoms with van der Waals surface area (Å²) < 4.78 is 17.3.